The Morgan fingerprint density at radius 3 is 2.93 bits per heavy atom. The molecular weight excluding hydrogens is 385 g/mol. The summed E-state index contributed by atoms with van der Waals surface area (Å²) in [5.41, 5.74) is 1.76. The Labute approximate surface area is 156 Å². The number of alkyl halides is 3. The van der Waals surface area contributed by atoms with Gasteiger partial charge in [-0.25, -0.2) is 4.98 Å². The fourth-order valence-electron chi connectivity index (χ4n) is 4.47. The summed E-state index contributed by atoms with van der Waals surface area (Å²) < 4.78 is 48.0. The van der Waals surface area contributed by atoms with Crippen LogP contribution in [0.25, 0.3) is 0 Å². The normalized spacial score (nSPS) is 28.0. The maximum atomic E-state index is 12.7. The van der Waals surface area contributed by atoms with E-state index in [4.69, 9.17) is 9.26 Å². The van der Waals surface area contributed by atoms with E-state index in [1.807, 2.05) is 10.3 Å². The number of halogens is 3. The lowest BCUT2D eigenvalue weighted by molar-refractivity contribution is -0.155. The first-order valence-corrected chi connectivity index (χ1v) is 9.39. The Morgan fingerprint density at radius 2 is 2.30 bits per heavy atom. The third-order valence-corrected chi connectivity index (χ3v) is 6.13. The molecule has 4 rings (SSSR count). The Morgan fingerprint density at radius 1 is 1.48 bits per heavy atom. The molecule has 0 radical (unpaired) electrons. The number of carbonyl (C=O) groups is 1. The molecule has 3 atom stereocenters. The van der Waals surface area contributed by atoms with Crippen LogP contribution in [0.3, 0.4) is 0 Å². The van der Waals surface area contributed by atoms with E-state index in [1.165, 1.54) is 18.4 Å². The Kier molecular flexibility index (Phi) is 4.46. The summed E-state index contributed by atoms with van der Waals surface area (Å²) in [5.74, 6) is -1.70. The fourth-order valence-corrected chi connectivity index (χ4v) is 5.03. The molecule has 2 aliphatic rings. The highest BCUT2D eigenvalue weighted by molar-refractivity contribution is 7.07. The van der Waals surface area contributed by atoms with Crippen molar-refractivity contribution < 1.29 is 27.2 Å². The number of nitrogens with zero attached hydrogens (tertiary/aromatic N) is 4. The van der Waals surface area contributed by atoms with Gasteiger partial charge in [-0.05, 0) is 19.3 Å². The highest BCUT2D eigenvalue weighted by Gasteiger charge is 2.60. The third kappa shape index (κ3) is 3.12. The van der Waals surface area contributed by atoms with E-state index < -0.39 is 17.4 Å². The molecule has 2 fully saturated rings. The predicted molar refractivity (Wildman–Crippen MR) is 86.5 cm³/mol. The molecule has 2 aliphatic heterocycles. The monoisotopic (exact) mass is 402 g/mol. The second-order valence-corrected chi connectivity index (χ2v) is 7.66. The summed E-state index contributed by atoms with van der Waals surface area (Å²) in [6.45, 7) is 0.0776. The minimum atomic E-state index is -4.65. The van der Waals surface area contributed by atoms with E-state index in [1.54, 1.807) is 5.51 Å². The average Bonchev–Trinajstić information content (AvgIpc) is 3.39. The van der Waals surface area contributed by atoms with Gasteiger partial charge in [-0.2, -0.15) is 18.2 Å². The zero-order chi connectivity index (χ0) is 19.2. The van der Waals surface area contributed by atoms with Crippen LogP contribution in [0.1, 0.15) is 36.7 Å². The molecule has 146 valence electrons. The first kappa shape index (κ1) is 18.4. The zero-order valence-corrected chi connectivity index (χ0v) is 15.2. The summed E-state index contributed by atoms with van der Waals surface area (Å²) in [6.07, 6.45) is -2.02. The van der Waals surface area contributed by atoms with E-state index >= 15 is 0 Å². The molecule has 0 N–H and O–H groups in total. The summed E-state index contributed by atoms with van der Waals surface area (Å²) >= 11 is 1.45. The Balaban J connectivity index is 1.59. The SMILES string of the molecule is COC(=O)[C@@]1(Cc2cscn2)C[C@H]2CC[C@@H]1N2Cc1nc(C(F)(F)F)no1. The minimum absolute atomic E-state index is 0.0500. The van der Waals surface area contributed by atoms with Crippen LogP contribution < -0.4 is 0 Å². The number of esters is 1. The summed E-state index contributed by atoms with van der Waals surface area (Å²) in [4.78, 5) is 22.5. The van der Waals surface area contributed by atoms with Crippen molar-refractivity contribution in [3.8, 4) is 0 Å². The molecule has 2 saturated heterocycles. The van der Waals surface area contributed by atoms with Crippen molar-refractivity contribution in [1.82, 2.24) is 20.0 Å². The van der Waals surface area contributed by atoms with E-state index in [9.17, 15) is 18.0 Å². The molecule has 0 spiro atoms. The number of rotatable bonds is 5. The van der Waals surface area contributed by atoms with Gasteiger partial charge in [0.2, 0.25) is 5.89 Å². The lowest BCUT2D eigenvalue weighted by Gasteiger charge is -2.34. The number of hydrogen-bond donors (Lipinski definition) is 0. The summed E-state index contributed by atoms with van der Waals surface area (Å²) in [6, 6.07) is -0.119. The van der Waals surface area contributed by atoms with Gasteiger partial charge in [-0.1, -0.05) is 5.16 Å². The third-order valence-electron chi connectivity index (χ3n) is 5.49. The van der Waals surface area contributed by atoms with Crippen LogP contribution in [0.2, 0.25) is 0 Å². The van der Waals surface area contributed by atoms with Crippen LogP contribution in [0, 0.1) is 5.41 Å². The molecule has 2 aromatic rings. The van der Waals surface area contributed by atoms with Gasteiger partial charge in [0.15, 0.2) is 0 Å². The number of carbonyl (C=O) groups excluding carboxylic acids is 1. The van der Waals surface area contributed by atoms with Crippen LogP contribution in [-0.2, 0) is 28.7 Å². The highest BCUT2D eigenvalue weighted by Crippen LogP contribution is 2.52. The van der Waals surface area contributed by atoms with Gasteiger partial charge in [0.05, 0.1) is 30.3 Å². The topological polar surface area (TPSA) is 81.4 Å². The maximum absolute atomic E-state index is 12.7. The van der Waals surface area contributed by atoms with Gasteiger partial charge in [-0.3, -0.25) is 9.69 Å². The van der Waals surface area contributed by atoms with Crippen LogP contribution in [0.4, 0.5) is 13.2 Å². The second-order valence-electron chi connectivity index (χ2n) is 6.94. The van der Waals surface area contributed by atoms with Crippen LogP contribution in [-0.4, -0.2) is 45.2 Å². The maximum Gasteiger partial charge on any atom is 0.455 e. The van der Waals surface area contributed by atoms with E-state index in [0.717, 1.165) is 18.5 Å². The van der Waals surface area contributed by atoms with Gasteiger partial charge >= 0.3 is 12.1 Å². The number of aromatic nitrogens is 3. The summed E-state index contributed by atoms with van der Waals surface area (Å²) in [5, 5.41) is 4.91. The largest absolute Gasteiger partial charge is 0.469 e. The van der Waals surface area contributed by atoms with Gasteiger partial charge in [0.1, 0.15) is 0 Å². The number of ether oxygens (including phenoxy) is 1. The molecule has 2 aromatic heterocycles. The van der Waals surface area contributed by atoms with Crippen molar-refractivity contribution in [2.45, 2.75) is 50.5 Å². The quantitative estimate of drug-likeness (QED) is 0.711. The van der Waals surface area contributed by atoms with Crippen molar-refractivity contribution in [3.63, 3.8) is 0 Å². The minimum Gasteiger partial charge on any atom is -0.469 e. The molecule has 0 amide bonds. The van der Waals surface area contributed by atoms with Crippen LogP contribution in [0.5, 0.6) is 0 Å². The van der Waals surface area contributed by atoms with E-state index in [2.05, 4.69) is 15.1 Å². The lowest BCUT2D eigenvalue weighted by atomic mass is 9.71. The number of fused-ring (bicyclic) bond motifs is 2. The molecule has 0 aliphatic carbocycles. The first-order chi connectivity index (χ1) is 12.8. The second kappa shape index (κ2) is 6.55. The van der Waals surface area contributed by atoms with Gasteiger partial charge in [0.25, 0.3) is 5.82 Å². The Hall–Kier alpha value is -2.01. The molecule has 7 nitrogen and oxygen atoms in total. The molecule has 0 aromatic carbocycles. The standard InChI is InChI=1S/C16H17F3N4O3S/c1-25-14(24)15(4-9-7-27-8-20-9)5-10-2-3-11(15)23(10)6-12-21-13(22-26-12)16(17,18)19/h7-8,10-11H,2-6H2,1H3/t10-,11+,15+/m1/s1. The molecule has 0 saturated carbocycles. The van der Waals surface area contributed by atoms with Crippen molar-refractivity contribution in [1.29, 1.82) is 0 Å². The van der Waals surface area contributed by atoms with Crippen LogP contribution >= 0.6 is 11.3 Å². The van der Waals surface area contributed by atoms with E-state index in [0.29, 0.717) is 12.8 Å². The molecule has 27 heavy (non-hydrogen) atoms. The smallest absolute Gasteiger partial charge is 0.455 e. The van der Waals surface area contributed by atoms with E-state index in [-0.39, 0.29) is 30.5 Å². The fraction of sp³-hybridized carbons (Fsp3) is 0.625. The zero-order valence-electron chi connectivity index (χ0n) is 14.4. The summed E-state index contributed by atoms with van der Waals surface area (Å²) in [7, 11) is 1.36. The average molecular weight is 402 g/mol. The van der Waals surface area contributed by atoms with Crippen molar-refractivity contribution in [2.75, 3.05) is 7.11 Å². The molecular formula is C16H17F3N4O3S. The number of methoxy groups -OCH3 is 1. The number of thiazole rings is 1. The molecule has 11 heteroatoms. The molecule has 4 heterocycles. The molecule has 2 bridgehead atoms. The first-order valence-electron chi connectivity index (χ1n) is 8.44. The van der Waals surface area contributed by atoms with Crippen molar-refractivity contribution in [2.24, 2.45) is 5.41 Å². The van der Waals surface area contributed by atoms with Crippen molar-refractivity contribution in [3.05, 3.63) is 28.3 Å². The number of hydrogen-bond acceptors (Lipinski definition) is 8. The molecule has 0 unspecified atom stereocenters. The highest BCUT2D eigenvalue weighted by atomic mass is 32.1. The lowest BCUT2D eigenvalue weighted by Crippen LogP contribution is -2.45. The van der Waals surface area contributed by atoms with Gasteiger partial charge < -0.3 is 9.26 Å². The van der Waals surface area contributed by atoms with Gasteiger partial charge in [-0.15, -0.1) is 11.3 Å². The van der Waals surface area contributed by atoms with Crippen LogP contribution in [0.15, 0.2) is 15.4 Å². The van der Waals surface area contributed by atoms with Crippen molar-refractivity contribution >= 4 is 17.3 Å². The Bertz CT molecular complexity index is 825. The van der Waals surface area contributed by atoms with Gasteiger partial charge in [0, 0.05) is 23.9 Å². The predicted octanol–water partition coefficient (Wildman–Crippen LogP) is 2.68.